The van der Waals surface area contributed by atoms with Crippen LogP contribution in [0, 0.1) is 11.8 Å². The van der Waals surface area contributed by atoms with Gasteiger partial charge in [0.1, 0.15) is 0 Å². The summed E-state index contributed by atoms with van der Waals surface area (Å²) in [6, 6.07) is 0.766. The van der Waals surface area contributed by atoms with Gasteiger partial charge in [0.2, 0.25) is 0 Å². The van der Waals surface area contributed by atoms with Gasteiger partial charge in [0, 0.05) is 12.6 Å². The molecule has 2 nitrogen and oxygen atoms in total. The van der Waals surface area contributed by atoms with Crippen LogP contribution >= 0.6 is 0 Å². The van der Waals surface area contributed by atoms with Crippen molar-refractivity contribution >= 4 is 0 Å². The molecule has 1 N–H and O–H groups in total. The molecule has 0 heterocycles. The Hall–Kier alpha value is -0.0800. The fourth-order valence-electron chi connectivity index (χ4n) is 3.38. The first-order valence-electron chi connectivity index (χ1n) is 8.13. The highest BCUT2D eigenvalue weighted by atomic mass is 15.1. The summed E-state index contributed by atoms with van der Waals surface area (Å²) in [5.74, 6) is 1.84. The summed E-state index contributed by atoms with van der Waals surface area (Å²) in [5.41, 5.74) is 0. The predicted molar refractivity (Wildman–Crippen MR) is 81.0 cm³/mol. The minimum Gasteiger partial charge on any atom is -0.314 e. The fourth-order valence-corrected chi connectivity index (χ4v) is 3.38. The van der Waals surface area contributed by atoms with Crippen LogP contribution in [0.25, 0.3) is 0 Å². The number of rotatable bonds is 8. The summed E-state index contributed by atoms with van der Waals surface area (Å²) in [6.45, 7) is 10.6. The zero-order chi connectivity index (χ0) is 13.4. The normalized spacial score (nSPS) is 28.8. The molecule has 0 aromatic rings. The second-order valence-electron chi connectivity index (χ2n) is 6.13. The van der Waals surface area contributed by atoms with E-state index in [0.717, 1.165) is 24.4 Å². The monoisotopic (exact) mass is 254 g/mol. The van der Waals surface area contributed by atoms with Gasteiger partial charge < -0.3 is 10.2 Å². The first-order valence-corrected chi connectivity index (χ1v) is 8.13. The van der Waals surface area contributed by atoms with Gasteiger partial charge in [-0.25, -0.2) is 0 Å². The molecule has 18 heavy (non-hydrogen) atoms. The Labute approximate surface area is 115 Å². The van der Waals surface area contributed by atoms with Gasteiger partial charge in [0.25, 0.3) is 0 Å². The first kappa shape index (κ1) is 16.0. The molecular formula is C16H34N2. The predicted octanol–water partition coefficient (Wildman–Crippen LogP) is 3.52. The third-order valence-electron chi connectivity index (χ3n) is 4.57. The SMILES string of the molecule is CCCCN(C)CC1CC(CC)CCC1NCC. The Balaban J connectivity index is 2.44. The second-order valence-corrected chi connectivity index (χ2v) is 6.13. The van der Waals surface area contributed by atoms with Crippen molar-refractivity contribution in [1.29, 1.82) is 0 Å². The van der Waals surface area contributed by atoms with Crippen LogP contribution in [0.1, 0.15) is 59.3 Å². The molecule has 0 aliphatic heterocycles. The standard InChI is InChI=1S/C16H34N2/c1-5-8-11-18(4)13-15-12-14(6-2)9-10-16(15)17-7-3/h14-17H,5-13H2,1-4H3. The molecule has 1 rings (SSSR count). The Morgan fingerprint density at radius 3 is 2.56 bits per heavy atom. The smallest absolute Gasteiger partial charge is 0.0108 e. The number of unbranched alkanes of at least 4 members (excludes halogenated alkanes) is 1. The van der Waals surface area contributed by atoms with Crippen molar-refractivity contribution in [2.45, 2.75) is 65.3 Å². The molecule has 3 unspecified atom stereocenters. The number of nitrogens with zero attached hydrogens (tertiary/aromatic N) is 1. The molecule has 1 aliphatic carbocycles. The molecule has 0 aromatic carbocycles. The molecular weight excluding hydrogens is 220 g/mol. The molecule has 1 aliphatic rings. The van der Waals surface area contributed by atoms with Gasteiger partial charge in [-0.3, -0.25) is 0 Å². The molecule has 0 spiro atoms. The largest absolute Gasteiger partial charge is 0.314 e. The number of hydrogen-bond acceptors (Lipinski definition) is 2. The van der Waals surface area contributed by atoms with Gasteiger partial charge >= 0.3 is 0 Å². The van der Waals surface area contributed by atoms with Gasteiger partial charge in [-0.2, -0.15) is 0 Å². The lowest BCUT2D eigenvalue weighted by atomic mass is 9.76. The van der Waals surface area contributed by atoms with E-state index in [0.29, 0.717) is 0 Å². The fraction of sp³-hybridized carbons (Fsp3) is 1.00. The summed E-state index contributed by atoms with van der Waals surface area (Å²) in [7, 11) is 2.30. The van der Waals surface area contributed by atoms with Crippen LogP contribution in [0.4, 0.5) is 0 Å². The molecule has 0 bridgehead atoms. The maximum atomic E-state index is 3.71. The van der Waals surface area contributed by atoms with E-state index in [4.69, 9.17) is 0 Å². The molecule has 1 saturated carbocycles. The van der Waals surface area contributed by atoms with Crippen LogP contribution in [0.3, 0.4) is 0 Å². The van der Waals surface area contributed by atoms with Crippen LogP contribution in [0.15, 0.2) is 0 Å². The lowest BCUT2D eigenvalue weighted by Crippen LogP contribution is -2.45. The molecule has 3 atom stereocenters. The Morgan fingerprint density at radius 2 is 1.94 bits per heavy atom. The van der Waals surface area contributed by atoms with E-state index < -0.39 is 0 Å². The Kier molecular flexibility index (Phi) is 7.92. The number of nitrogens with one attached hydrogen (secondary N) is 1. The van der Waals surface area contributed by atoms with Gasteiger partial charge in [-0.1, -0.05) is 33.6 Å². The zero-order valence-corrected chi connectivity index (χ0v) is 13.0. The highest BCUT2D eigenvalue weighted by molar-refractivity contribution is 4.85. The molecule has 108 valence electrons. The van der Waals surface area contributed by atoms with E-state index in [1.54, 1.807) is 0 Å². The van der Waals surface area contributed by atoms with Gasteiger partial charge in [0.15, 0.2) is 0 Å². The van der Waals surface area contributed by atoms with Gasteiger partial charge in [-0.05, 0) is 57.7 Å². The average molecular weight is 254 g/mol. The summed E-state index contributed by atoms with van der Waals surface area (Å²) < 4.78 is 0. The Morgan fingerprint density at radius 1 is 1.17 bits per heavy atom. The summed E-state index contributed by atoms with van der Waals surface area (Å²) >= 11 is 0. The third kappa shape index (κ3) is 5.27. The maximum Gasteiger partial charge on any atom is 0.0108 e. The van der Waals surface area contributed by atoms with Crippen LogP contribution in [-0.4, -0.2) is 37.6 Å². The van der Waals surface area contributed by atoms with E-state index in [-0.39, 0.29) is 0 Å². The summed E-state index contributed by atoms with van der Waals surface area (Å²) in [6.07, 6.45) is 8.27. The topological polar surface area (TPSA) is 15.3 Å². The van der Waals surface area contributed by atoms with Crippen molar-refractivity contribution in [3.63, 3.8) is 0 Å². The molecule has 0 radical (unpaired) electrons. The van der Waals surface area contributed by atoms with E-state index in [9.17, 15) is 0 Å². The van der Waals surface area contributed by atoms with Crippen LogP contribution in [0.2, 0.25) is 0 Å². The van der Waals surface area contributed by atoms with Crippen molar-refractivity contribution in [2.24, 2.45) is 11.8 Å². The highest BCUT2D eigenvalue weighted by Gasteiger charge is 2.29. The maximum absolute atomic E-state index is 3.71. The lowest BCUT2D eigenvalue weighted by molar-refractivity contribution is 0.152. The minimum absolute atomic E-state index is 0.766. The van der Waals surface area contributed by atoms with Crippen LogP contribution in [0.5, 0.6) is 0 Å². The minimum atomic E-state index is 0.766. The van der Waals surface area contributed by atoms with E-state index in [1.165, 1.54) is 51.6 Å². The van der Waals surface area contributed by atoms with Gasteiger partial charge in [-0.15, -0.1) is 0 Å². The van der Waals surface area contributed by atoms with Gasteiger partial charge in [0.05, 0.1) is 0 Å². The summed E-state index contributed by atoms with van der Waals surface area (Å²) in [4.78, 5) is 2.55. The molecule has 2 heteroatoms. The number of hydrogen-bond donors (Lipinski definition) is 1. The molecule has 0 saturated heterocycles. The third-order valence-corrected chi connectivity index (χ3v) is 4.57. The van der Waals surface area contributed by atoms with E-state index >= 15 is 0 Å². The van der Waals surface area contributed by atoms with Crippen LogP contribution in [-0.2, 0) is 0 Å². The highest BCUT2D eigenvalue weighted by Crippen LogP contribution is 2.31. The van der Waals surface area contributed by atoms with E-state index in [2.05, 4.69) is 38.0 Å². The summed E-state index contributed by atoms with van der Waals surface area (Å²) in [5, 5.41) is 3.71. The molecule has 1 fully saturated rings. The van der Waals surface area contributed by atoms with Crippen molar-refractivity contribution in [3.8, 4) is 0 Å². The average Bonchev–Trinajstić information content (AvgIpc) is 2.38. The zero-order valence-electron chi connectivity index (χ0n) is 13.0. The van der Waals surface area contributed by atoms with E-state index in [1.807, 2.05) is 0 Å². The quantitative estimate of drug-likeness (QED) is 0.713. The second kappa shape index (κ2) is 8.92. The van der Waals surface area contributed by atoms with Crippen molar-refractivity contribution < 1.29 is 0 Å². The van der Waals surface area contributed by atoms with Crippen molar-refractivity contribution in [2.75, 3.05) is 26.7 Å². The molecule has 0 amide bonds. The lowest BCUT2D eigenvalue weighted by Gasteiger charge is -2.38. The molecule has 0 aromatic heterocycles. The first-order chi connectivity index (χ1) is 8.71. The van der Waals surface area contributed by atoms with Crippen molar-refractivity contribution in [3.05, 3.63) is 0 Å². The Bertz CT molecular complexity index is 205. The van der Waals surface area contributed by atoms with Crippen molar-refractivity contribution in [1.82, 2.24) is 10.2 Å². The van der Waals surface area contributed by atoms with Crippen LogP contribution < -0.4 is 5.32 Å².